The summed E-state index contributed by atoms with van der Waals surface area (Å²) in [7, 11) is 0. The highest BCUT2D eigenvalue weighted by atomic mass is 16.2. The van der Waals surface area contributed by atoms with Gasteiger partial charge in [-0.15, -0.1) is 0 Å². The number of carbonyl (C=O) groups excluding carboxylic acids is 1. The molecule has 1 aromatic heterocycles. The first-order valence-electron chi connectivity index (χ1n) is 9.24. The van der Waals surface area contributed by atoms with Crippen molar-refractivity contribution in [2.75, 3.05) is 0 Å². The fourth-order valence-electron chi connectivity index (χ4n) is 3.07. The number of hydrogen-bond acceptors (Lipinski definition) is 4. The summed E-state index contributed by atoms with van der Waals surface area (Å²) in [6.07, 6.45) is 0.942. The van der Waals surface area contributed by atoms with E-state index in [-0.39, 0.29) is 24.1 Å². The van der Waals surface area contributed by atoms with Crippen molar-refractivity contribution < 1.29 is 4.79 Å². The van der Waals surface area contributed by atoms with E-state index in [1.165, 1.54) is 0 Å². The van der Waals surface area contributed by atoms with Gasteiger partial charge in [-0.05, 0) is 50.1 Å². The third-order valence-electron chi connectivity index (χ3n) is 4.64. The van der Waals surface area contributed by atoms with Crippen LogP contribution in [0.15, 0.2) is 53.3 Å². The van der Waals surface area contributed by atoms with Crippen LogP contribution < -0.4 is 5.56 Å². The first-order valence-corrected chi connectivity index (χ1v) is 9.24. The molecule has 6 heteroatoms. The number of nitrogens with zero attached hydrogens (tertiary/aromatic N) is 3. The summed E-state index contributed by atoms with van der Waals surface area (Å²) in [5.74, 6) is 0.472. The second-order valence-corrected chi connectivity index (χ2v) is 6.95. The highest BCUT2D eigenvalue weighted by Gasteiger charge is 2.19. The Kier molecular flexibility index (Phi) is 5.85. The summed E-state index contributed by atoms with van der Waals surface area (Å²) >= 11 is 0. The van der Waals surface area contributed by atoms with Crippen LogP contribution in [0.2, 0.25) is 0 Å². The molecule has 0 bridgehead atoms. The molecule has 3 rings (SSSR count). The standard InChI is InChI=1S/C22H22N4O2/c1-15(2)26(21(27)12-11-16-7-9-17(13-23)10-8-16)14-20-24-19-6-4-3-5-18(19)22(28)25-20/h3-10,15H,11-12,14H2,1-2H3,(H,24,25,28). The highest BCUT2D eigenvalue weighted by Crippen LogP contribution is 2.12. The molecule has 0 aliphatic heterocycles. The highest BCUT2D eigenvalue weighted by molar-refractivity contribution is 5.78. The van der Waals surface area contributed by atoms with Gasteiger partial charge in [0.15, 0.2) is 0 Å². The number of carbonyl (C=O) groups is 1. The Hall–Kier alpha value is -3.46. The molecule has 0 radical (unpaired) electrons. The van der Waals surface area contributed by atoms with E-state index in [4.69, 9.17) is 5.26 Å². The molecule has 28 heavy (non-hydrogen) atoms. The first kappa shape index (κ1) is 19.3. The van der Waals surface area contributed by atoms with Crippen molar-refractivity contribution in [3.8, 4) is 6.07 Å². The molecule has 0 unspecified atom stereocenters. The van der Waals surface area contributed by atoms with Crippen LogP contribution in [0, 0.1) is 11.3 Å². The second-order valence-electron chi connectivity index (χ2n) is 6.95. The zero-order valence-electron chi connectivity index (χ0n) is 16.0. The molecule has 0 fully saturated rings. The normalized spacial score (nSPS) is 10.8. The largest absolute Gasteiger partial charge is 0.333 e. The van der Waals surface area contributed by atoms with Gasteiger partial charge in [0, 0.05) is 12.5 Å². The van der Waals surface area contributed by atoms with Gasteiger partial charge >= 0.3 is 0 Å². The van der Waals surface area contributed by atoms with Crippen molar-refractivity contribution in [3.63, 3.8) is 0 Å². The summed E-state index contributed by atoms with van der Waals surface area (Å²) in [6.45, 7) is 4.14. The van der Waals surface area contributed by atoms with E-state index in [2.05, 4.69) is 16.0 Å². The smallest absolute Gasteiger partial charge is 0.258 e. The van der Waals surface area contributed by atoms with E-state index >= 15 is 0 Å². The van der Waals surface area contributed by atoms with E-state index in [1.807, 2.05) is 32.0 Å². The number of nitriles is 1. The fourth-order valence-corrected chi connectivity index (χ4v) is 3.07. The van der Waals surface area contributed by atoms with E-state index < -0.39 is 0 Å². The van der Waals surface area contributed by atoms with Gasteiger partial charge in [-0.25, -0.2) is 4.98 Å². The van der Waals surface area contributed by atoms with Gasteiger partial charge in [0.2, 0.25) is 5.91 Å². The number of benzene rings is 2. The first-order chi connectivity index (χ1) is 13.5. The number of aromatic amines is 1. The molecule has 0 saturated carbocycles. The Morgan fingerprint density at radius 3 is 2.57 bits per heavy atom. The minimum Gasteiger partial charge on any atom is -0.333 e. The van der Waals surface area contributed by atoms with Crippen LogP contribution in [-0.2, 0) is 17.8 Å². The van der Waals surface area contributed by atoms with Gasteiger partial charge in [-0.1, -0.05) is 24.3 Å². The molecule has 0 aliphatic rings. The van der Waals surface area contributed by atoms with Crippen molar-refractivity contribution in [1.82, 2.24) is 14.9 Å². The number of para-hydroxylation sites is 1. The molecule has 142 valence electrons. The lowest BCUT2D eigenvalue weighted by atomic mass is 10.1. The number of amides is 1. The van der Waals surface area contributed by atoms with Crippen LogP contribution in [0.1, 0.15) is 37.2 Å². The van der Waals surface area contributed by atoms with E-state index in [1.54, 1.807) is 35.2 Å². The summed E-state index contributed by atoms with van der Waals surface area (Å²) in [4.78, 5) is 34.1. The molecule has 6 nitrogen and oxygen atoms in total. The molecule has 0 saturated heterocycles. The fraction of sp³-hybridized carbons (Fsp3) is 0.273. The zero-order chi connectivity index (χ0) is 20.1. The van der Waals surface area contributed by atoms with Crippen molar-refractivity contribution >= 4 is 16.8 Å². The minimum absolute atomic E-state index is 0.00447. The van der Waals surface area contributed by atoms with Crippen LogP contribution in [0.25, 0.3) is 10.9 Å². The molecule has 1 N–H and O–H groups in total. The lowest BCUT2D eigenvalue weighted by Crippen LogP contribution is -2.37. The number of rotatable bonds is 6. The lowest BCUT2D eigenvalue weighted by Gasteiger charge is -2.26. The van der Waals surface area contributed by atoms with Crippen molar-refractivity contribution in [2.45, 2.75) is 39.3 Å². The third kappa shape index (κ3) is 4.44. The molecule has 0 spiro atoms. The predicted octanol–water partition coefficient (Wildman–Crippen LogP) is 3.16. The van der Waals surface area contributed by atoms with Crippen molar-refractivity contribution in [3.05, 3.63) is 75.8 Å². The van der Waals surface area contributed by atoms with Gasteiger partial charge in [-0.3, -0.25) is 9.59 Å². The maximum atomic E-state index is 12.8. The van der Waals surface area contributed by atoms with Crippen molar-refractivity contribution in [2.24, 2.45) is 0 Å². The maximum absolute atomic E-state index is 12.8. The minimum atomic E-state index is -0.200. The van der Waals surface area contributed by atoms with Crippen LogP contribution >= 0.6 is 0 Å². The Morgan fingerprint density at radius 2 is 1.89 bits per heavy atom. The number of nitrogens with one attached hydrogen (secondary N) is 1. The number of aryl methyl sites for hydroxylation is 1. The lowest BCUT2D eigenvalue weighted by molar-refractivity contribution is -0.133. The van der Waals surface area contributed by atoms with E-state index in [0.29, 0.717) is 35.1 Å². The molecule has 0 aliphatic carbocycles. The average Bonchev–Trinajstić information content (AvgIpc) is 2.70. The maximum Gasteiger partial charge on any atom is 0.258 e. The SMILES string of the molecule is CC(C)N(Cc1nc2ccccc2c(=O)[nH]1)C(=O)CCc1ccc(C#N)cc1. The Morgan fingerprint density at radius 1 is 1.18 bits per heavy atom. The Labute approximate surface area is 163 Å². The Balaban J connectivity index is 1.73. The quantitative estimate of drug-likeness (QED) is 0.718. The number of hydrogen-bond donors (Lipinski definition) is 1. The van der Waals surface area contributed by atoms with Gasteiger partial charge < -0.3 is 9.88 Å². The third-order valence-corrected chi connectivity index (χ3v) is 4.64. The van der Waals surface area contributed by atoms with Gasteiger partial charge in [0.1, 0.15) is 5.82 Å². The van der Waals surface area contributed by atoms with Gasteiger partial charge in [0.25, 0.3) is 5.56 Å². The number of H-pyrrole nitrogens is 1. The van der Waals surface area contributed by atoms with Gasteiger partial charge in [0.05, 0.1) is 29.1 Å². The molecular weight excluding hydrogens is 352 g/mol. The van der Waals surface area contributed by atoms with Crippen LogP contribution in [0.3, 0.4) is 0 Å². The van der Waals surface area contributed by atoms with E-state index in [0.717, 1.165) is 5.56 Å². The summed E-state index contributed by atoms with van der Waals surface area (Å²) < 4.78 is 0. The molecule has 1 amide bonds. The van der Waals surface area contributed by atoms with Crippen LogP contribution in [0.4, 0.5) is 0 Å². The molecule has 0 atom stereocenters. The topological polar surface area (TPSA) is 89.8 Å². The predicted molar refractivity (Wildman–Crippen MR) is 108 cm³/mol. The zero-order valence-corrected chi connectivity index (χ0v) is 16.0. The molecule has 3 aromatic rings. The second kappa shape index (κ2) is 8.49. The van der Waals surface area contributed by atoms with Crippen LogP contribution in [0.5, 0.6) is 0 Å². The summed E-state index contributed by atoms with van der Waals surface area (Å²) in [6, 6.07) is 16.5. The van der Waals surface area contributed by atoms with Gasteiger partial charge in [-0.2, -0.15) is 5.26 Å². The number of fused-ring (bicyclic) bond motifs is 1. The molecule has 2 aromatic carbocycles. The summed E-state index contributed by atoms with van der Waals surface area (Å²) in [5.41, 5.74) is 2.03. The Bertz CT molecular complexity index is 1080. The number of aromatic nitrogens is 2. The molecule has 1 heterocycles. The van der Waals surface area contributed by atoms with Crippen molar-refractivity contribution in [1.29, 1.82) is 5.26 Å². The van der Waals surface area contributed by atoms with Crippen LogP contribution in [-0.4, -0.2) is 26.8 Å². The average molecular weight is 374 g/mol. The van der Waals surface area contributed by atoms with E-state index in [9.17, 15) is 9.59 Å². The summed E-state index contributed by atoms with van der Waals surface area (Å²) in [5, 5.41) is 9.40. The molecular formula is C22H22N4O2. The monoisotopic (exact) mass is 374 g/mol.